The Morgan fingerprint density at radius 3 is 2.81 bits per heavy atom. The lowest BCUT2D eigenvalue weighted by atomic mass is 9.99. The van der Waals surface area contributed by atoms with Crippen molar-refractivity contribution in [3.05, 3.63) is 17.6 Å². The van der Waals surface area contributed by atoms with E-state index in [1.165, 1.54) is 0 Å². The van der Waals surface area contributed by atoms with Gasteiger partial charge in [-0.3, -0.25) is 4.79 Å². The van der Waals surface area contributed by atoms with Crippen LogP contribution in [0.3, 0.4) is 0 Å². The van der Waals surface area contributed by atoms with Gasteiger partial charge in [0.1, 0.15) is 16.6 Å². The maximum atomic E-state index is 11.7. The maximum Gasteiger partial charge on any atom is 0.146 e. The maximum absolute atomic E-state index is 11.7. The molecule has 0 spiro atoms. The van der Waals surface area contributed by atoms with Crippen LogP contribution in [0.2, 0.25) is 0 Å². The van der Waals surface area contributed by atoms with Crippen LogP contribution in [0.1, 0.15) is 37.2 Å². The summed E-state index contributed by atoms with van der Waals surface area (Å²) in [6, 6.07) is 1.96. The lowest BCUT2D eigenvalue weighted by molar-refractivity contribution is -0.119. The summed E-state index contributed by atoms with van der Waals surface area (Å²) in [5.74, 6) is 1.16. The van der Waals surface area contributed by atoms with E-state index < -0.39 is 0 Å². The summed E-state index contributed by atoms with van der Waals surface area (Å²) in [5.41, 5.74) is 0.971. The monoisotopic (exact) mass is 236 g/mol. The van der Waals surface area contributed by atoms with Gasteiger partial charge < -0.3 is 0 Å². The second-order valence-corrected chi connectivity index (χ2v) is 5.44. The Kier molecular flexibility index (Phi) is 3.59. The number of hydrogen-bond donors (Lipinski definition) is 0. The van der Waals surface area contributed by atoms with Gasteiger partial charge in [-0.2, -0.15) is 0 Å². The highest BCUT2D eigenvalue weighted by atomic mass is 32.2. The van der Waals surface area contributed by atoms with Gasteiger partial charge in [-0.15, -0.1) is 0 Å². The minimum atomic E-state index is 0.113. The van der Waals surface area contributed by atoms with Crippen molar-refractivity contribution in [3.63, 3.8) is 0 Å². The molecule has 4 heteroatoms. The number of hydrogen-bond acceptors (Lipinski definition) is 4. The van der Waals surface area contributed by atoms with E-state index in [0.29, 0.717) is 5.78 Å². The van der Waals surface area contributed by atoms with Gasteiger partial charge in [-0.25, -0.2) is 9.97 Å². The largest absolute Gasteiger partial charge is 0.298 e. The van der Waals surface area contributed by atoms with Crippen molar-refractivity contribution in [2.45, 2.75) is 49.8 Å². The minimum absolute atomic E-state index is 0.113. The van der Waals surface area contributed by atoms with Gasteiger partial charge in [0.15, 0.2) is 0 Å². The predicted octanol–water partition coefficient (Wildman–Crippen LogP) is 2.70. The molecule has 3 nitrogen and oxygen atoms in total. The number of rotatable bonds is 2. The lowest BCUT2D eigenvalue weighted by Gasteiger charge is -2.19. The number of aryl methyl sites for hydroxylation is 2. The van der Waals surface area contributed by atoms with Gasteiger partial charge >= 0.3 is 0 Å². The van der Waals surface area contributed by atoms with Crippen LogP contribution in [0.25, 0.3) is 0 Å². The molecule has 1 unspecified atom stereocenters. The fourth-order valence-electron chi connectivity index (χ4n) is 1.96. The molecule has 1 aliphatic carbocycles. The molecule has 1 heterocycles. The van der Waals surface area contributed by atoms with E-state index in [2.05, 4.69) is 9.97 Å². The summed E-state index contributed by atoms with van der Waals surface area (Å²) in [5, 5.41) is 1.05. The van der Waals surface area contributed by atoms with Crippen LogP contribution in [-0.4, -0.2) is 21.0 Å². The highest BCUT2D eigenvalue weighted by Gasteiger charge is 2.23. The Morgan fingerprint density at radius 1 is 1.31 bits per heavy atom. The predicted molar refractivity (Wildman–Crippen MR) is 64.6 cm³/mol. The van der Waals surface area contributed by atoms with Gasteiger partial charge in [0.05, 0.1) is 5.25 Å². The Bertz CT molecular complexity index is 386. The summed E-state index contributed by atoms with van der Waals surface area (Å²) in [6.45, 7) is 3.85. The first-order valence-corrected chi connectivity index (χ1v) is 6.55. The van der Waals surface area contributed by atoms with Crippen LogP contribution < -0.4 is 0 Å². The Balaban J connectivity index is 2.10. The zero-order chi connectivity index (χ0) is 11.5. The molecule has 1 aromatic rings. The average molecular weight is 236 g/mol. The van der Waals surface area contributed by atoms with Crippen molar-refractivity contribution in [3.8, 4) is 0 Å². The normalized spacial score (nSPS) is 21.1. The summed E-state index contributed by atoms with van der Waals surface area (Å²) in [7, 11) is 0. The van der Waals surface area contributed by atoms with Crippen molar-refractivity contribution in [2.24, 2.45) is 0 Å². The Hall–Kier alpha value is -0.900. The number of aromatic nitrogens is 2. The smallest absolute Gasteiger partial charge is 0.146 e. The van der Waals surface area contributed by atoms with Crippen molar-refractivity contribution < 1.29 is 4.79 Å². The zero-order valence-electron chi connectivity index (χ0n) is 9.69. The van der Waals surface area contributed by atoms with Crippen LogP contribution in [0, 0.1) is 13.8 Å². The van der Waals surface area contributed by atoms with Crippen molar-refractivity contribution in [1.29, 1.82) is 0 Å². The summed E-state index contributed by atoms with van der Waals surface area (Å²) < 4.78 is 0. The van der Waals surface area contributed by atoms with Crippen molar-refractivity contribution in [2.75, 3.05) is 0 Å². The van der Waals surface area contributed by atoms with Gasteiger partial charge in [-0.05, 0) is 32.8 Å². The van der Waals surface area contributed by atoms with Crippen LogP contribution in [-0.2, 0) is 4.79 Å². The molecule has 0 bridgehead atoms. The number of nitrogens with zero attached hydrogens (tertiary/aromatic N) is 2. The van der Waals surface area contributed by atoms with Gasteiger partial charge in [0, 0.05) is 12.1 Å². The molecule has 1 aliphatic rings. The molecule has 1 aromatic heterocycles. The SMILES string of the molecule is Cc1cc(SC2CCCCC2=O)nc(C)n1. The van der Waals surface area contributed by atoms with E-state index in [1.807, 2.05) is 19.9 Å². The summed E-state index contributed by atoms with van der Waals surface area (Å²) in [6.07, 6.45) is 3.94. The fourth-order valence-corrected chi connectivity index (χ4v) is 3.21. The van der Waals surface area contributed by atoms with E-state index in [9.17, 15) is 4.79 Å². The van der Waals surface area contributed by atoms with Crippen LogP contribution >= 0.6 is 11.8 Å². The van der Waals surface area contributed by atoms with E-state index in [-0.39, 0.29) is 5.25 Å². The molecule has 1 atom stereocenters. The molecule has 2 rings (SSSR count). The number of carbonyl (C=O) groups is 1. The molecule has 16 heavy (non-hydrogen) atoms. The average Bonchev–Trinajstić information content (AvgIpc) is 2.20. The molecule has 0 amide bonds. The van der Waals surface area contributed by atoms with Gasteiger partial charge in [-0.1, -0.05) is 18.2 Å². The quantitative estimate of drug-likeness (QED) is 0.740. The Labute approximate surface area is 100 Å². The third kappa shape index (κ3) is 2.82. The highest BCUT2D eigenvalue weighted by Crippen LogP contribution is 2.30. The standard InChI is InChI=1S/C12H16N2OS/c1-8-7-12(14-9(2)13-8)16-11-6-4-3-5-10(11)15/h7,11H,3-6H2,1-2H3. The molecular weight excluding hydrogens is 220 g/mol. The summed E-state index contributed by atoms with van der Waals surface area (Å²) in [4.78, 5) is 20.3. The van der Waals surface area contributed by atoms with Crippen molar-refractivity contribution in [1.82, 2.24) is 9.97 Å². The zero-order valence-corrected chi connectivity index (χ0v) is 10.5. The molecule has 86 valence electrons. The Morgan fingerprint density at radius 2 is 2.12 bits per heavy atom. The van der Waals surface area contributed by atoms with E-state index >= 15 is 0 Å². The van der Waals surface area contributed by atoms with Crippen LogP contribution in [0.4, 0.5) is 0 Å². The molecule has 1 saturated carbocycles. The second kappa shape index (κ2) is 4.95. The van der Waals surface area contributed by atoms with Crippen molar-refractivity contribution >= 4 is 17.5 Å². The molecule has 0 saturated heterocycles. The number of Topliss-reactive ketones (excluding diaryl/α,β-unsaturated/α-hetero) is 1. The first kappa shape index (κ1) is 11.6. The van der Waals surface area contributed by atoms with E-state index in [0.717, 1.165) is 42.2 Å². The van der Waals surface area contributed by atoms with E-state index in [1.54, 1.807) is 11.8 Å². The number of ketones is 1. The molecule has 0 radical (unpaired) electrons. The highest BCUT2D eigenvalue weighted by molar-refractivity contribution is 8.00. The molecule has 0 aromatic carbocycles. The minimum Gasteiger partial charge on any atom is -0.298 e. The van der Waals surface area contributed by atoms with Gasteiger partial charge in [0.25, 0.3) is 0 Å². The van der Waals surface area contributed by atoms with Crippen LogP contribution in [0.5, 0.6) is 0 Å². The van der Waals surface area contributed by atoms with E-state index in [4.69, 9.17) is 0 Å². The number of carbonyl (C=O) groups excluding carboxylic acids is 1. The molecule has 0 N–H and O–H groups in total. The third-order valence-electron chi connectivity index (χ3n) is 2.70. The first-order valence-electron chi connectivity index (χ1n) is 5.67. The molecule has 1 fully saturated rings. The third-order valence-corrected chi connectivity index (χ3v) is 3.94. The fraction of sp³-hybridized carbons (Fsp3) is 0.583. The topological polar surface area (TPSA) is 42.9 Å². The summed E-state index contributed by atoms with van der Waals surface area (Å²) >= 11 is 1.60. The second-order valence-electron chi connectivity index (χ2n) is 4.21. The lowest BCUT2D eigenvalue weighted by Crippen LogP contribution is -2.21. The van der Waals surface area contributed by atoms with Crippen LogP contribution in [0.15, 0.2) is 11.1 Å². The molecule has 0 aliphatic heterocycles. The number of thioether (sulfide) groups is 1. The first-order chi connectivity index (χ1) is 7.65. The molecular formula is C12H16N2OS. The van der Waals surface area contributed by atoms with Gasteiger partial charge in [0.2, 0.25) is 0 Å².